The molecular weight excluding hydrogens is 404 g/mol. The molecule has 1 spiro atoms. The van der Waals surface area contributed by atoms with Crippen LogP contribution in [0.2, 0.25) is 0 Å². The maximum absolute atomic E-state index is 13.2. The van der Waals surface area contributed by atoms with Gasteiger partial charge < -0.3 is 10.6 Å². The Morgan fingerprint density at radius 2 is 2.03 bits per heavy atom. The minimum atomic E-state index is -0.862. The number of aromatic nitrogens is 2. The molecular formula is C20H24N6O3S. The van der Waals surface area contributed by atoms with E-state index < -0.39 is 5.54 Å². The summed E-state index contributed by atoms with van der Waals surface area (Å²) in [5.41, 5.74) is 0.438. The number of likely N-dealkylation sites (tertiary alicyclic amines) is 1. The molecule has 0 bridgehead atoms. The van der Waals surface area contributed by atoms with Gasteiger partial charge in [-0.15, -0.1) is 11.3 Å². The summed E-state index contributed by atoms with van der Waals surface area (Å²) in [6.07, 6.45) is 4.46. The lowest BCUT2D eigenvalue weighted by Crippen LogP contribution is -2.55. The van der Waals surface area contributed by atoms with E-state index >= 15 is 0 Å². The van der Waals surface area contributed by atoms with Crippen LogP contribution in [0.3, 0.4) is 0 Å². The van der Waals surface area contributed by atoms with E-state index in [1.807, 2.05) is 6.92 Å². The second kappa shape index (κ2) is 7.77. The predicted octanol–water partition coefficient (Wildman–Crippen LogP) is 2.46. The molecule has 2 aliphatic heterocycles. The number of carbonyl (C=O) groups is 3. The van der Waals surface area contributed by atoms with Gasteiger partial charge in [0.05, 0.1) is 5.69 Å². The van der Waals surface area contributed by atoms with Crippen molar-refractivity contribution >= 4 is 40.0 Å². The molecule has 4 heterocycles. The van der Waals surface area contributed by atoms with Crippen molar-refractivity contribution in [2.75, 3.05) is 23.3 Å². The summed E-state index contributed by atoms with van der Waals surface area (Å²) in [4.78, 5) is 50.0. The lowest BCUT2D eigenvalue weighted by atomic mass is 9.86. The van der Waals surface area contributed by atoms with Gasteiger partial charge in [0.15, 0.2) is 5.13 Å². The van der Waals surface area contributed by atoms with E-state index in [0.717, 1.165) is 10.6 Å². The number of pyridine rings is 1. The molecule has 2 aromatic rings. The highest BCUT2D eigenvalue weighted by atomic mass is 32.1. The molecule has 1 atom stereocenters. The second-order valence-corrected chi connectivity index (χ2v) is 8.83. The first-order valence-electron chi connectivity index (χ1n) is 9.86. The van der Waals surface area contributed by atoms with E-state index in [0.29, 0.717) is 36.8 Å². The number of urea groups is 1. The van der Waals surface area contributed by atoms with Crippen LogP contribution in [0, 0.1) is 6.92 Å². The number of nitrogens with zero attached hydrogens (tertiary/aromatic N) is 4. The predicted molar refractivity (Wildman–Crippen MR) is 113 cm³/mol. The first kappa shape index (κ1) is 20.4. The van der Waals surface area contributed by atoms with Crippen LogP contribution >= 0.6 is 11.3 Å². The molecule has 0 radical (unpaired) electrons. The van der Waals surface area contributed by atoms with Crippen LogP contribution in [0.15, 0.2) is 24.5 Å². The summed E-state index contributed by atoms with van der Waals surface area (Å²) in [5.74, 6) is -0.343. The highest BCUT2D eigenvalue weighted by Gasteiger charge is 2.53. The van der Waals surface area contributed by atoms with Crippen LogP contribution in [0.4, 0.5) is 15.6 Å². The van der Waals surface area contributed by atoms with Crippen molar-refractivity contribution in [3.05, 3.63) is 35.1 Å². The third kappa shape index (κ3) is 3.68. The zero-order valence-electron chi connectivity index (χ0n) is 17.1. The summed E-state index contributed by atoms with van der Waals surface area (Å²) in [7, 11) is 0. The van der Waals surface area contributed by atoms with Gasteiger partial charge in [-0.05, 0) is 38.8 Å². The number of aryl methyl sites for hydroxylation is 1. The number of nitrogens with one attached hydrogen (secondary N) is 2. The molecule has 30 heavy (non-hydrogen) atoms. The fourth-order valence-corrected chi connectivity index (χ4v) is 4.97. The van der Waals surface area contributed by atoms with E-state index in [2.05, 4.69) is 32.4 Å². The Labute approximate surface area is 178 Å². The van der Waals surface area contributed by atoms with E-state index in [1.165, 1.54) is 23.2 Å². The summed E-state index contributed by atoms with van der Waals surface area (Å²) in [6.45, 7) is 6.71. The van der Waals surface area contributed by atoms with Crippen LogP contribution in [0.5, 0.6) is 0 Å². The van der Waals surface area contributed by atoms with Crippen molar-refractivity contribution in [2.24, 2.45) is 0 Å². The average Bonchev–Trinajstić information content (AvgIpc) is 3.24. The summed E-state index contributed by atoms with van der Waals surface area (Å²) >= 11 is 1.45. The van der Waals surface area contributed by atoms with Gasteiger partial charge in [-0.25, -0.2) is 14.7 Å². The Hall–Kier alpha value is -2.85. The van der Waals surface area contributed by atoms with Gasteiger partial charge in [0.25, 0.3) is 5.91 Å². The zero-order valence-corrected chi connectivity index (χ0v) is 18.0. The SMILES string of the molecule is CC(=O)Nc1ncc(C(C)N2CCC3(CC2)NC(=O)N(c2ccnc(C)c2)C3=O)s1. The number of rotatable bonds is 4. The fraction of sp³-hybridized carbons (Fsp3) is 0.450. The molecule has 2 N–H and O–H groups in total. The Bertz CT molecular complexity index is 998. The lowest BCUT2D eigenvalue weighted by Gasteiger charge is -2.39. The van der Waals surface area contributed by atoms with Gasteiger partial charge in [0, 0.05) is 49.0 Å². The Balaban J connectivity index is 1.44. The smallest absolute Gasteiger partial charge is 0.323 e. The Kier molecular flexibility index (Phi) is 5.29. The number of thiazole rings is 1. The first-order valence-corrected chi connectivity index (χ1v) is 10.7. The summed E-state index contributed by atoms with van der Waals surface area (Å²) in [6, 6.07) is 3.14. The number of imide groups is 1. The average molecular weight is 429 g/mol. The molecule has 9 nitrogen and oxygen atoms in total. The van der Waals surface area contributed by atoms with Crippen LogP contribution in [0.1, 0.15) is 43.3 Å². The molecule has 0 aliphatic carbocycles. The van der Waals surface area contributed by atoms with Crippen molar-refractivity contribution in [3.8, 4) is 0 Å². The fourth-order valence-electron chi connectivity index (χ4n) is 4.02. The molecule has 2 aromatic heterocycles. The number of anilines is 2. The first-order chi connectivity index (χ1) is 14.3. The normalized spacial score (nSPS) is 19.8. The molecule has 0 aromatic carbocycles. The molecule has 2 fully saturated rings. The largest absolute Gasteiger partial charge is 0.329 e. The number of hydrogen-bond acceptors (Lipinski definition) is 7. The number of hydrogen-bond donors (Lipinski definition) is 2. The lowest BCUT2D eigenvalue weighted by molar-refractivity contribution is -0.124. The monoisotopic (exact) mass is 428 g/mol. The van der Waals surface area contributed by atoms with E-state index in [9.17, 15) is 14.4 Å². The van der Waals surface area contributed by atoms with Crippen molar-refractivity contribution in [1.82, 2.24) is 20.2 Å². The summed E-state index contributed by atoms with van der Waals surface area (Å²) in [5, 5.41) is 6.23. The maximum atomic E-state index is 13.2. The van der Waals surface area contributed by atoms with Gasteiger partial charge >= 0.3 is 6.03 Å². The van der Waals surface area contributed by atoms with Gasteiger partial charge in [0.1, 0.15) is 5.54 Å². The Morgan fingerprint density at radius 3 is 2.70 bits per heavy atom. The minimum Gasteiger partial charge on any atom is -0.323 e. The standard InChI is InChI=1S/C20H24N6O3S/c1-12-10-15(4-7-21-12)26-17(28)20(24-19(26)29)5-8-25(9-6-20)13(2)16-11-22-18(30-16)23-14(3)27/h4,7,10-11,13H,5-6,8-9H2,1-3H3,(H,24,29)(H,22,23,27). The van der Waals surface area contributed by atoms with E-state index in [1.54, 1.807) is 24.5 Å². The zero-order chi connectivity index (χ0) is 21.5. The molecule has 158 valence electrons. The molecule has 4 amide bonds. The van der Waals surface area contributed by atoms with E-state index in [-0.39, 0.29) is 23.9 Å². The molecule has 2 aliphatic rings. The van der Waals surface area contributed by atoms with Crippen LogP contribution in [-0.2, 0) is 9.59 Å². The minimum absolute atomic E-state index is 0.105. The highest BCUT2D eigenvalue weighted by molar-refractivity contribution is 7.15. The van der Waals surface area contributed by atoms with Crippen molar-refractivity contribution in [1.29, 1.82) is 0 Å². The molecule has 0 saturated carbocycles. The van der Waals surface area contributed by atoms with Crippen LogP contribution < -0.4 is 15.5 Å². The number of amides is 4. The third-order valence-electron chi connectivity index (χ3n) is 5.72. The topological polar surface area (TPSA) is 108 Å². The van der Waals surface area contributed by atoms with Crippen molar-refractivity contribution < 1.29 is 14.4 Å². The van der Waals surface area contributed by atoms with Gasteiger partial charge in [-0.2, -0.15) is 0 Å². The third-order valence-corrected chi connectivity index (χ3v) is 6.80. The van der Waals surface area contributed by atoms with Crippen LogP contribution in [-0.4, -0.2) is 51.3 Å². The summed E-state index contributed by atoms with van der Waals surface area (Å²) < 4.78 is 0. The molecule has 10 heteroatoms. The quantitative estimate of drug-likeness (QED) is 0.725. The molecule has 2 saturated heterocycles. The van der Waals surface area contributed by atoms with Gasteiger partial charge in [-0.3, -0.25) is 19.5 Å². The van der Waals surface area contributed by atoms with Crippen molar-refractivity contribution in [3.63, 3.8) is 0 Å². The van der Waals surface area contributed by atoms with Gasteiger partial charge in [-0.1, -0.05) is 0 Å². The van der Waals surface area contributed by atoms with Gasteiger partial charge in [0.2, 0.25) is 5.91 Å². The number of piperidine rings is 1. The Morgan fingerprint density at radius 1 is 1.30 bits per heavy atom. The van der Waals surface area contributed by atoms with Crippen molar-refractivity contribution in [2.45, 2.75) is 45.2 Å². The van der Waals surface area contributed by atoms with Crippen LogP contribution in [0.25, 0.3) is 0 Å². The highest BCUT2D eigenvalue weighted by Crippen LogP contribution is 2.36. The molecule has 4 rings (SSSR count). The second-order valence-electron chi connectivity index (χ2n) is 7.77. The number of carbonyl (C=O) groups excluding carboxylic acids is 3. The maximum Gasteiger partial charge on any atom is 0.329 e. The van der Waals surface area contributed by atoms with E-state index in [4.69, 9.17) is 0 Å². The molecule has 1 unspecified atom stereocenters.